The Morgan fingerprint density at radius 1 is 1.45 bits per heavy atom. The minimum absolute atomic E-state index is 0.528. The van der Waals surface area contributed by atoms with Gasteiger partial charge in [-0.05, 0) is 36.1 Å². The first kappa shape index (κ1) is 14.9. The van der Waals surface area contributed by atoms with Crippen LogP contribution in [0.4, 0.5) is 0 Å². The Hall–Kier alpha value is -1.49. The van der Waals surface area contributed by atoms with Crippen molar-refractivity contribution >= 4 is 32.8 Å². The number of fused-ring (bicyclic) bond motifs is 1. The van der Waals surface area contributed by atoms with Crippen molar-refractivity contribution in [1.82, 2.24) is 10.3 Å². The van der Waals surface area contributed by atoms with Crippen LogP contribution in [0.5, 0.6) is 0 Å². The minimum Gasteiger partial charge on any atom is -0.370 e. The van der Waals surface area contributed by atoms with E-state index < -0.39 is 0 Å². The Kier molecular flexibility index (Phi) is 5.06. The number of hydrogen-bond donors (Lipinski definition) is 3. The Morgan fingerprint density at radius 2 is 2.25 bits per heavy atom. The van der Waals surface area contributed by atoms with Gasteiger partial charge in [0.2, 0.25) is 0 Å². The van der Waals surface area contributed by atoms with Gasteiger partial charge >= 0.3 is 0 Å². The highest BCUT2D eigenvalue weighted by Crippen LogP contribution is 2.22. The number of rotatable bonds is 5. The summed E-state index contributed by atoms with van der Waals surface area (Å²) in [5, 5.41) is 4.41. The second-order valence-corrected chi connectivity index (χ2v) is 6.22. The number of nitrogens with zero attached hydrogens (tertiary/aromatic N) is 1. The van der Waals surface area contributed by atoms with E-state index in [1.807, 2.05) is 6.07 Å². The fraction of sp³-hybridized carbons (Fsp3) is 0.400. The van der Waals surface area contributed by atoms with E-state index in [1.165, 1.54) is 10.9 Å². The molecular formula is C15H21BrN4. The third-order valence-electron chi connectivity index (χ3n) is 3.06. The Labute approximate surface area is 128 Å². The van der Waals surface area contributed by atoms with E-state index in [1.54, 1.807) is 0 Å². The van der Waals surface area contributed by atoms with Gasteiger partial charge in [-0.15, -0.1) is 0 Å². The van der Waals surface area contributed by atoms with Crippen molar-refractivity contribution < 1.29 is 0 Å². The third-order valence-corrected chi connectivity index (χ3v) is 3.55. The highest BCUT2D eigenvalue weighted by molar-refractivity contribution is 9.10. The van der Waals surface area contributed by atoms with E-state index in [9.17, 15) is 0 Å². The fourth-order valence-corrected chi connectivity index (χ4v) is 2.38. The normalized spacial score (nSPS) is 12.3. The Morgan fingerprint density at radius 3 is 3.00 bits per heavy atom. The molecule has 0 bridgehead atoms. The lowest BCUT2D eigenvalue weighted by molar-refractivity contribution is 0.661. The number of nitrogens with one attached hydrogen (secondary N) is 2. The topological polar surface area (TPSA) is 66.2 Å². The van der Waals surface area contributed by atoms with Gasteiger partial charge in [0.1, 0.15) is 0 Å². The molecule has 0 aliphatic carbocycles. The average Bonchev–Trinajstić information content (AvgIpc) is 2.79. The molecule has 1 heterocycles. The van der Waals surface area contributed by atoms with Crippen LogP contribution in [0.2, 0.25) is 0 Å². The summed E-state index contributed by atoms with van der Waals surface area (Å²) in [5.41, 5.74) is 8.26. The molecule has 108 valence electrons. The minimum atomic E-state index is 0.528. The molecule has 5 heteroatoms. The first-order valence-electron chi connectivity index (χ1n) is 6.85. The number of guanidine groups is 1. The van der Waals surface area contributed by atoms with Gasteiger partial charge in [-0.3, -0.25) is 4.99 Å². The maximum atomic E-state index is 5.82. The molecule has 1 aromatic carbocycles. The third kappa shape index (κ3) is 4.00. The molecule has 1 aromatic heterocycles. The van der Waals surface area contributed by atoms with Crippen molar-refractivity contribution in [2.75, 3.05) is 13.1 Å². The summed E-state index contributed by atoms with van der Waals surface area (Å²) in [6.07, 6.45) is 2.97. The molecule has 2 aromatic rings. The number of nitrogens with two attached hydrogens (primary N) is 1. The van der Waals surface area contributed by atoms with Crippen LogP contribution in [-0.4, -0.2) is 24.0 Å². The van der Waals surface area contributed by atoms with Crippen LogP contribution < -0.4 is 11.1 Å². The average molecular weight is 337 g/mol. The van der Waals surface area contributed by atoms with E-state index in [-0.39, 0.29) is 0 Å². The van der Waals surface area contributed by atoms with Gasteiger partial charge < -0.3 is 16.0 Å². The number of hydrogen-bond acceptors (Lipinski definition) is 1. The highest BCUT2D eigenvalue weighted by atomic mass is 79.9. The lowest BCUT2D eigenvalue weighted by atomic mass is 10.1. The molecule has 0 atom stereocenters. The predicted octanol–water partition coefficient (Wildman–Crippen LogP) is 3.03. The molecule has 0 radical (unpaired) electrons. The monoisotopic (exact) mass is 336 g/mol. The Balaban J connectivity index is 1.93. The Bertz CT molecular complexity index is 601. The van der Waals surface area contributed by atoms with Gasteiger partial charge in [-0.1, -0.05) is 29.8 Å². The molecule has 4 N–H and O–H groups in total. The molecule has 0 spiro atoms. The lowest BCUT2D eigenvalue weighted by Gasteiger charge is -2.06. The summed E-state index contributed by atoms with van der Waals surface area (Å²) in [5.74, 6) is 1.06. The van der Waals surface area contributed by atoms with Gasteiger partial charge in [-0.25, -0.2) is 0 Å². The van der Waals surface area contributed by atoms with E-state index >= 15 is 0 Å². The summed E-state index contributed by atoms with van der Waals surface area (Å²) in [4.78, 5) is 7.57. The van der Waals surface area contributed by atoms with Crippen LogP contribution in [0.1, 0.15) is 19.4 Å². The SMILES string of the molecule is CC(C)CN=C(N)NCCc1c[nH]c2ccc(Br)cc12. The van der Waals surface area contributed by atoms with Gasteiger partial charge in [0, 0.05) is 34.7 Å². The first-order chi connectivity index (χ1) is 9.56. The molecule has 0 amide bonds. The van der Waals surface area contributed by atoms with Gasteiger partial charge in [0.05, 0.1) is 0 Å². The quantitative estimate of drug-likeness (QED) is 0.580. The molecular weight excluding hydrogens is 316 g/mol. The molecule has 2 rings (SSSR count). The molecule has 0 fully saturated rings. The zero-order valence-electron chi connectivity index (χ0n) is 11.9. The molecule has 20 heavy (non-hydrogen) atoms. The van der Waals surface area contributed by atoms with E-state index in [0.717, 1.165) is 29.5 Å². The highest BCUT2D eigenvalue weighted by Gasteiger charge is 2.04. The standard InChI is InChI=1S/C15H21BrN4/c1-10(2)8-20-15(17)18-6-5-11-9-19-14-4-3-12(16)7-13(11)14/h3-4,7,9-10,19H,5-6,8H2,1-2H3,(H3,17,18,20). The number of aromatic amines is 1. The smallest absolute Gasteiger partial charge is 0.188 e. The number of H-pyrrole nitrogens is 1. The summed E-state index contributed by atoms with van der Waals surface area (Å²) in [6, 6.07) is 6.25. The zero-order chi connectivity index (χ0) is 14.5. The van der Waals surface area contributed by atoms with E-state index in [4.69, 9.17) is 5.73 Å². The number of halogens is 1. The number of benzene rings is 1. The van der Waals surface area contributed by atoms with Crippen molar-refractivity contribution in [2.24, 2.45) is 16.6 Å². The van der Waals surface area contributed by atoms with E-state index in [0.29, 0.717) is 11.9 Å². The van der Waals surface area contributed by atoms with Crippen molar-refractivity contribution in [2.45, 2.75) is 20.3 Å². The second kappa shape index (κ2) is 6.79. The second-order valence-electron chi connectivity index (χ2n) is 5.30. The van der Waals surface area contributed by atoms with E-state index in [2.05, 4.69) is 63.4 Å². The lowest BCUT2D eigenvalue weighted by Crippen LogP contribution is -2.33. The van der Waals surface area contributed by atoms with Crippen molar-refractivity contribution in [1.29, 1.82) is 0 Å². The molecule has 0 unspecified atom stereocenters. The van der Waals surface area contributed by atoms with Crippen LogP contribution in [-0.2, 0) is 6.42 Å². The van der Waals surface area contributed by atoms with Gasteiger partial charge in [0.25, 0.3) is 0 Å². The van der Waals surface area contributed by atoms with Crippen molar-refractivity contribution in [3.8, 4) is 0 Å². The summed E-state index contributed by atoms with van der Waals surface area (Å²) in [6.45, 7) is 5.80. The maximum Gasteiger partial charge on any atom is 0.188 e. The van der Waals surface area contributed by atoms with Crippen molar-refractivity contribution in [3.63, 3.8) is 0 Å². The van der Waals surface area contributed by atoms with Crippen LogP contribution >= 0.6 is 15.9 Å². The van der Waals surface area contributed by atoms with Gasteiger partial charge in [-0.2, -0.15) is 0 Å². The first-order valence-corrected chi connectivity index (χ1v) is 7.65. The summed E-state index contributed by atoms with van der Waals surface area (Å²) >= 11 is 3.51. The molecule has 4 nitrogen and oxygen atoms in total. The fourth-order valence-electron chi connectivity index (χ4n) is 2.02. The maximum absolute atomic E-state index is 5.82. The predicted molar refractivity (Wildman–Crippen MR) is 89.0 cm³/mol. The molecule has 0 aliphatic heterocycles. The zero-order valence-corrected chi connectivity index (χ0v) is 13.5. The largest absolute Gasteiger partial charge is 0.370 e. The summed E-state index contributed by atoms with van der Waals surface area (Å²) in [7, 11) is 0. The van der Waals surface area contributed by atoms with Crippen LogP contribution in [0.15, 0.2) is 33.9 Å². The van der Waals surface area contributed by atoms with Crippen molar-refractivity contribution in [3.05, 3.63) is 34.4 Å². The van der Waals surface area contributed by atoms with Gasteiger partial charge in [0.15, 0.2) is 5.96 Å². The van der Waals surface area contributed by atoms with Crippen LogP contribution in [0, 0.1) is 5.92 Å². The number of aliphatic imine (C=N–C) groups is 1. The van der Waals surface area contributed by atoms with Crippen LogP contribution in [0.3, 0.4) is 0 Å². The molecule has 0 aliphatic rings. The van der Waals surface area contributed by atoms with Crippen LogP contribution in [0.25, 0.3) is 10.9 Å². The summed E-state index contributed by atoms with van der Waals surface area (Å²) < 4.78 is 1.09. The molecule has 0 saturated heterocycles. The number of aromatic nitrogens is 1. The molecule has 0 saturated carbocycles.